The van der Waals surface area contributed by atoms with Crippen LogP contribution in [0.15, 0.2) is 24.3 Å². The zero-order valence-corrected chi connectivity index (χ0v) is 11.9. The number of aromatic nitrogens is 2. The number of nitrogens with one attached hydrogen (secondary N) is 1. The van der Waals surface area contributed by atoms with Crippen LogP contribution in [-0.4, -0.2) is 23.6 Å². The fraction of sp³-hybridized carbons (Fsp3) is 0.333. The lowest BCUT2D eigenvalue weighted by Gasteiger charge is -2.10. The van der Waals surface area contributed by atoms with Crippen molar-refractivity contribution in [3.8, 4) is 11.4 Å². The van der Waals surface area contributed by atoms with Crippen molar-refractivity contribution < 1.29 is 9.13 Å². The number of rotatable bonds is 5. The van der Waals surface area contributed by atoms with Crippen LogP contribution in [0.1, 0.15) is 18.2 Å². The van der Waals surface area contributed by atoms with Gasteiger partial charge in [-0.1, -0.05) is 0 Å². The van der Waals surface area contributed by atoms with Crippen molar-refractivity contribution in [2.24, 2.45) is 0 Å². The topological polar surface area (TPSA) is 47.0 Å². The van der Waals surface area contributed by atoms with Crippen LogP contribution in [0.25, 0.3) is 11.4 Å². The van der Waals surface area contributed by atoms with Gasteiger partial charge in [0.25, 0.3) is 0 Å². The van der Waals surface area contributed by atoms with Crippen LogP contribution >= 0.6 is 0 Å². The first-order valence-electron chi connectivity index (χ1n) is 6.51. The molecule has 0 spiro atoms. The Morgan fingerprint density at radius 1 is 1.25 bits per heavy atom. The van der Waals surface area contributed by atoms with E-state index in [4.69, 9.17) is 4.74 Å². The van der Waals surface area contributed by atoms with Crippen LogP contribution in [0.4, 0.5) is 10.2 Å². The summed E-state index contributed by atoms with van der Waals surface area (Å²) >= 11 is 0. The molecule has 0 fully saturated rings. The van der Waals surface area contributed by atoms with Crippen LogP contribution in [0.2, 0.25) is 0 Å². The molecule has 0 radical (unpaired) electrons. The fourth-order valence-electron chi connectivity index (χ4n) is 1.99. The summed E-state index contributed by atoms with van der Waals surface area (Å²) in [4.78, 5) is 8.93. The van der Waals surface area contributed by atoms with Gasteiger partial charge in [-0.05, 0) is 37.6 Å². The summed E-state index contributed by atoms with van der Waals surface area (Å²) in [6.45, 7) is 5.03. The molecule has 0 saturated heterocycles. The van der Waals surface area contributed by atoms with E-state index in [1.54, 1.807) is 13.2 Å². The molecule has 0 aliphatic rings. The molecule has 0 amide bonds. The standard InChI is InChI=1S/C15H18FN3O/c1-4-17-14-8-12(9-20-3)18-15(19-14)13-6-5-11(16)7-10(13)2/h5-8H,4,9H2,1-3H3,(H,17,18,19). The number of ether oxygens (including phenoxy) is 1. The summed E-state index contributed by atoms with van der Waals surface area (Å²) in [6.07, 6.45) is 0. The Morgan fingerprint density at radius 2 is 2.05 bits per heavy atom. The van der Waals surface area contributed by atoms with Gasteiger partial charge in [0, 0.05) is 25.3 Å². The molecule has 1 N–H and O–H groups in total. The average molecular weight is 275 g/mol. The molecule has 1 aromatic carbocycles. The molecule has 0 unspecified atom stereocenters. The number of halogens is 1. The quantitative estimate of drug-likeness (QED) is 0.910. The predicted octanol–water partition coefficient (Wildman–Crippen LogP) is 3.17. The normalized spacial score (nSPS) is 10.6. The van der Waals surface area contributed by atoms with E-state index in [0.717, 1.165) is 29.2 Å². The second kappa shape index (κ2) is 6.43. The minimum absolute atomic E-state index is 0.258. The van der Waals surface area contributed by atoms with Crippen LogP contribution < -0.4 is 5.32 Å². The van der Waals surface area contributed by atoms with Crippen molar-refractivity contribution in [3.63, 3.8) is 0 Å². The summed E-state index contributed by atoms with van der Waals surface area (Å²) < 4.78 is 18.3. The number of hydrogen-bond donors (Lipinski definition) is 1. The Labute approximate surface area is 118 Å². The molecule has 2 rings (SSSR count). The molecule has 0 atom stereocenters. The monoisotopic (exact) mass is 275 g/mol. The Bertz CT molecular complexity index is 577. The molecule has 20 heavy (non-hydrogen) atoms. The first-order valence-corrected chi connectivity index (χ1v) is 6.51. The third-order valence-corrected chi connectivity index (χ3v) is 2.86. The van der Waals surface area contributed by atoms with E-state index in [9.17, 15) is 4.39 Å². The van der Waals surface area contributed by atoms with Gasteiger partial charge in [0.2, 0.25) is 0 Å². The lowest BCUT2D eigenvalue weighted by molar-refractivity contribution is 0.181. The number of aryl methyl sites for hydroxylation is 1. The van der Waals surface area contributed by atoms with E-state index in [1.807, 2.05) is 19.9 Å². The van der Waals surface area contributed by atoms with Gasteiger partial charge in [-0.2, -0.15) is 0 Å². The van der Waals surface area contributed by atoms with Crippen LogP contribution in [0.3, 0.4) is 0 Å². The molecule has 1 heterocycles. The number of benzene rings is 1. The lowest BCUT2D eigenvalue weighted by atomic mass is 10.1. The molecule has 106 valence electrons. The van der Waals surface area contributed by atoms with Gasteiger partial charge in [0.15, 0.2) is 5.82 Å². The van der Waals surface area contributed by atoms with Gasteiger partial charge in [-0.15, -0.1) is 0 Å². The summed E-state index contributed by atoms with van der Waals surface area (Å²) in [7, 11) is 1.62. The van der Waals surface area contributed by atoms with E-state index >= 15 is 0 Å². The van der Waals surface area contributed by atoms with Crippen molar-refractivity contribution in [1.82, 2.24) is 9.97 Å². The highest BCUT2D eigenvalue weighted by Crippen LogP contribution is 2.22. The summed E-state index contributed by atoms with van der Waals surface area (Å²) in [5.74, 6) is 1.06. The summed E-state index contributed by atoms with van der Waals surface area (Å²) in [5.41, 5.74) is 2.42. The highest BCUT2D eigenvalue weighted by atomic mass is 19.1. The molecular formula is C15H18FN3O. The average Bonchev–Trinajstić information content (AvgIpc) is 2.39. The Kier molecular flexibility index (Phi) is 4.63. The van der Waals surface area contributed by atoms with E-state index in [0.29, 0.717) is 12.4 Å². The molecule has 1 aromatic heterocycles. The highest BCUT2D eigenvalue weighted by Gasteiger charge is 2.09. The van der Waals surface area contributed by atoms with E-state index in [2.05, 4.69) is 15.3 Å². The molecule has 0 aliphatic carbocycles. The number of methoxy groups -OCH3 is 1. The molecule has 5 heteroatoms. The molecule has 4 nitrogen and oxygen atoms in total. The van der Waals surface area contributed by atoms with Gasteiger partial charge in [0.05, 0.1) is 12.3 Å². The number of nitrogens with zero attached hydrogens (tertiary/aromatic N) is 2. The van der Waals surface area contributed by atoms with Crippen LogP contribution in [0.5, 0.6) is 0 Å². The second-order valence-corrected chi connectivity index (χ2v) is 4.49. The second-order valence-electron chi connectivity index (χ2n) is 4.49. The minimum atomic E-state index is -0.258. The van der Waals surface area contributed by atoms with E-state index in [1.165, 1.54) is 12.1 Å². The molecule has 0 saturated carbocycles. The largest absolute Gasteiger partial charge is 0.378 e. The zero-order valence-electron chi connectivity index (χ0n) is 11.9. The van der Waals surface area contributed by atoms with E-state index < -0.39 is 0 Å². The number of hydrogen-bond acceptors (Lipinski definition) is 4. The first-order chi connectivity index (χ1) is 9.63. The smallest absolute Gasteiger partial charge is 0.162 e. The maximum absolute atomic E-state index is 13.2. The molecule has 2 aromatic rings. The lowest BCUT2D eigenvalue weighted by Crippen LogP contribution is -2.05. The van der Waals surface area contributed by atoms with Gasteiger partial charge >= 0.3 is 0 Å². The third-order valence-electron chi connectivity index (χ3n) is 2.86. The van der Waals surface area contributed by atoms with Crippen molar-refractivity contribution in [1.29, 1.82) is 0 Å². The van der Waals surface area contributed by atoms with Gasteiger partial charge < -0.3 is 10.1 Å². The molecule has 0 bridgehead atoms. The Balaban J connectivity index is 2.48. The van der Waals surface area contributed by atoms with Crippen LogP contribution in [0, 0.1) is 12.7 Å². The fourth-order valence-corrected chi connectivity index (χ4v) is 1.99. The summed E-state index contributed by atoms with van der Waals surface area (Å²) in [6, 6.07) is 6.46. The molecule has 0 aliphatic heterocycles. The van der Waals surface area contributed by atoms with Crippen molar-refractivity contribution in [2.45, 2.75) is 20.5 Å². The predicted molar refractivity (Wildman–Crippen MR) is 77.0 cm³/mol. The summed E-state index contributed by atoms with van der Waals surface area (Å²) in [5, 5.41) is 3.17. The zero-order chi connectivity index (χ0) is 14.5. The minimum Gasteiger partial charge on any atom is -0.378 e. The SMILES string of the molecule is CCNc1cc(COC)nc(-c2ccc(F)cc2C)n1. The van der Waals surface area contributed by atoms with Gasteiger partial charge in [-0.3, -0.25) is 0 Å². The van der Waals surface area contributed by atoms with Crippen molar-refractivity contribution in [3.05, 3.63) is 41.3 Å². The molecular weight excluding hydrogens is 257 g/mol. The third kappa shape index (κ3) is 3.30. The highest BCUT2D eigenvalue weighted by molar-refractivity contribution is 5.61. The van der Waals surface area contributed by atoms with Gasteiger partial charge in [0.1, 0.15) is 11.6 Å². The first kappa shape index (κ1) is 14.4. The Hall–Kier alpha value is -2.01. The number of anilines is 1. The van der Waals surface area contributed by atoms with Crippen LogP contribution in [-0.2, 0) is 11.3 Å². The van der Waals surface area contributed by atoms with Crippen molar-refractivity contribution >= 4 is 5.82 Å². The Morgan fingerprint density at radius 3 is 2.70 bits per heavy atom. The van der Waals surface area contributed by atoms with Gasteiger partial charge in [-0.25, -0.2) is 14.4 Å². The van der Waals surface area contributed by atoms with E-state index in [-0.39, 0.29) is 5.82 Å². The maximum atomic E-state index is 13.2. The van der Waals surface area contributed by atoms with Crippen molar-refractivity contribution in [2.75, 3.05) is 19.0 Å². The maximum Gasteiger partial charge on any atom is 0.162 e.